The van der Waals surface area contributed by atoms with Crippen LogP contribution in [-0.2, 0) is 14.3 Å². The summed E-state index contributed by atoms with van der Waals surface area (Å²) in [6.07, 6.45) is -0.776. The van der Waals surface area contributed by atoms with Gasteiger partial charge < -0.3 is 9.47 Å². The molecule has 3 nitrogen and oxygen atoms in total. The molecule has 0 N–H and O–H groups in total. The normalized spacial score (nSPS) is 20.4. The van der Waals surface area contributed by atoms with Crippen molar-refractivity contribution >= 4 is 5.97 Å². The lowest BCUT2D eigenvalue weighted by Gasteiger charge is -2.31. The van der Waals surface area contributed by atoms with Crippen molar-refractivity contribution in [3.63, 3.8) is 0 Å². The maximum absolute atomic E-state index is 12.7. The molecule has 1 fully saturated rings. The van der Waals surface area contributed by atoms with Gasteiger partial charge in [-0.05, 0) is 26.7 Å². The second kappa shape index (κ2) is 7.29. The molecule has 0 heterocycles. The molecule has 1 aliphatic carbocycles. The molecule has 0 amide bonds. The molecular formula is C14H23F3O3. The van der Waals surface area contributed by atoms with Crippen LogP contribution in [0.1, 0.15) is 52.4 Å². The van der Waals surface area contributed by atoms with Gasteiger partial charge in [-0.25, -0.2) is 0 Å². The lowest BCUT2D eigenvalue weighted by Crippen LogP contribution is -2.40. The third-order valence-corrected chi connectivity index (χ3v) is 3.55. The molecule has 0 saturated heterocycles. The van der Waals surface area contributed by atoms with Crippen molar-refractivity contribution < 1.29 is 27.4 Å². The molecule has 0 aromatic heterocycles. The average molecular weight is 296 g/mol. The van der Waals surface area contributed by atoms with Crippen molar-refractivity contribution in [3.8, 4) is 0 Å². The molecule has 0 bridgehead atoms. The second-order valence-corrected chi connectivity index (χ2v) is 5.64. The largest absolute Gasteiger partial charge is 0.466 e. The molecule has 1 atom stereocenters. The number of carbonyl (C=O) groups excluding carboxylic acids is 1. The fourth-order valence-electron chi connectivity index (χ4n) is 2.46. The van der Waals surface area contributed by atoms with Gasteiger partial charge in [-0.3, -0.25) is 4.79 Å². The standard InChI is InChI=1S/C14H23F3O3/c1-3-19-12(18)13(2,9-14(15,16)17)10-20-11-7-5-4-6-8-11/h11H,3-10H2,1-2H3. The summed E-state index contributed by atoms with van der Waals surface area (Å²) in [4.78, 5) is 11.8. The number of alkyl halides is 3. The Morgan fingerprint density at radius 1 is 1.20 bits per heavy atom. The maximum atomic E-state index is 12.7. The van der Waals surface area contributed by atoms with Crippen LogP contribution >= 0.6 is 0 Å². The molecule has 0 aliphatic heterocycles. The number of rotatable bonds is 6. The predicted octanol–water partition coefficient (Wildman–Crippen LogP) is 3.86. The van der Waals surface area contributed by atoms with Crippen molar-refractivity contribution in [1.29, 1.82) is 0 Å². The van der Waals surface area contributed by atoms with Gasteiger partial charge in [-0.2, -0.15) is 13.2 Å². The molecule has 1 saturated carbocycles. The Morgan fingerprint density at radius 2 is 1.80 bits per heavy atom. The van der Waals surface area contributed by atoms with Crippen molar-refractivity contribution in [2.75, 3.05) is 13.2 Å². The first-order valence-electron chi connectivity index (χ1n) is 7.12. The zero-order valence-electron chi connectivity index (χ0n) is 12.1. The van der Waals surface area contributed by atoms with E-state index >= 15 is 0 Å². The molecular weight excluding hydrogens is 273 g/mol. The molecule has 20 heavy (non-hydrogen) atoms. The highest BCUT2D eigenvalue weighted by Crippen LogP contribution is 2.36. The van der Waals surface area contributed by atoms with Gasteiger partial charge in [0.05, 0.1) is 31.2 Å². The Hall–Kier alpha value is -0.780. The van der Waals surface area contributed by atoms with E-state index in [0.717, 1.165) is 32.1 Å². The number of carbonyl (C=O) groups is 1. The minimum Gasteiger partial charge on any atom is -0.466 e. The Balaban J connectivity index is 2.63. The molecule has 6 heteroatoms. The Morgan fingerprint density at radius 3 is 2.30 bits per heavy atom. The molecule has 1 rings (SSSR count). The summed E-state index contributed by atoms with van der Waals surface area (Å²) in [6, 6.07) is 0. The van der Waals surface area contributed by atoms with Gasteiger partial charge in [0.25, 0.3) is 0 Å². The highest BCUT2D eigenvalue weighted by Gasteiger charge is 2.46. The minimum absolute atomic E-state index is 0.0364. The summed E-state index contributed by atoms with van der Waals surface area (Å²) in [5.74, 6) is -0.840. The average Bonchev–Trinajstić information content (AvgIpc) is 2.36. The zero-order chi connectivity index (χ0) is 15.2. The van der Waals surface area contributed by atoms with E-state index in [1.807, 2.05) is 0 Å². The Labute approximate surface area is 117 Å². The summed E-state index contributed by atoms with van der Waals surface area (Å²) in [5, 5.41) is 0. The van der Waals surface area contributed by atoms with Crippen molar-refractivity contribution in [2.45, 2.75) is 64.7 Å². The maximum Gasteiger partial charge on any atom is 0.390 e. The van der Waals surface area contributed by atoms with Crippen LogP contribution in [0.25, 0.3) is 0 Å². The van der Waals surface area contributed by atoms with E-state index in [1.165, 1.54) is 6.92 Å². The monoisotopic (exact) mass is 296 g/mol. The quantitative estimate of drug-likeness (QED) is 0.698. The predicted molar refractivity (Wildman–Crippen MR) is 68.2 cm³/mol. The summed E-state index contributed by atoms with van der Waals surface area (Å²) in [6.45, 7) is 2.67. The lowest BCUT2D eigenvalue weighted by atomic mass is 9.87. The van der Waals surface area contributed by atoms with E-state index in [-0.39, 0.29) is 19.3 Å². The molecule has 0 radical (unpaired) electrons. The van der Waals surface area contributed by atoms with E-state index in [4.69, 9.17) is 9.47 Å². The summed E-state index contributed by atoms with van der Waals surface area (Å²) in [7, 11) is 0. The van der Waals surface area contributed by atoms with E-state index in [2.05, 4.69) is 0 Å². The molecule has 1 unspecified atom stereocenters. The van der Waals surface area contributed by atoms with Crippen LogP contribution in [0.4, 0.5) is 13.2 Å². The van der Waals surface area contributed by atoms with Gasteiger partial charge in [0.2, 0.25) is 0 Å². The van der Waals surface area contributed by atoms with Crippen LogP contribution < -0.4 is 0 Å². The SMILES string of the molecule is CCOC(=O)C(C)(COC1CCCCC1)CC(F)(F)F. The highest BCUT2D eigenvalue weighted by atomic mass is 19.4. The lowest BCUT2D eigenvalue weighted by molar-refractivity contribution is -0.189. The van der Waals surface area contributed by atoms with Gasteiger partial charge >= 0.3 is 12.1 Å². The fourth-order valence-corrected chi connectivity index (χ4v) is 2.46. The fraction of sp³-hybridized carbons (Fsp3) is 0.929. The molecule has 118 valence electrons. The molecule has 0 aromatic carbocycles. The van der Waals surface area contributed by atoms with Crippen molar-refractivity contribution in [1.82, 2.24) is 0 Å². The van der Waals surface area contributed by atoms with Crippen molar-refractivity contribution in [2.24, 2.45) is 5.41 Å². The second-order valence-electron chi connectivity index (χ2n) is 5.64. The van der Waals surface area contributed by atoms with E-state index in [1.54, 1.807) is 6.92 Å². The van der Waals surface area contributed by atoms with Crippen LogP contribution in [0.15, 0.2) is 0 Å². The van der Waals surface area contributed by atoms with E-state index in [0.29, 0.717) is 0 Å². The first-order valence-corrected chi connectivity index (χ1v) is 7.12. The summed E-state index contributed by atoms with van der Waals surface area (Å²) >= 11 is 0. The smallest absolute Gasteiger partial charge is 0.390 e. The van der Waals surface area contributed by atoms with Gasteiger partial charge in [-0.1, -0.05) is 19.3 Å². The van der Waals surface area contributed by atoms with Gasteiger partial charge in [-0.15, -0.1) is 0 Å². The van der Waals surface area contributed by atoms with E-state index < -0.39 is 24.0 Å². The van der Waals surface area contributed by atoms with Gasteiger partial charge in [0.15, 0.2) is 0 Å². The molecule has 0 aromatic rings. The Kier molecular flexibility index (Phi) is 6.30. The number of hydrogen-bond donors (Lipinski definition) is 0. The number of ether oxygens (including phenoxy) is 2. The first kappa shape index (κ1) is 17.3. The molecule has 1 aliphatic rings. The number of hydrogen-bond acceptors (Lipinski definition) is 3. The summed E-state index contributed by atoms with van der Waals surface area (Å²) in [5.41, 5.74) is -1.66. The van der Waals surface area contributed by atoms with Gasteiger partial charge in [0, 0.05) is 0 Å². The first-order chi connectivity index (χ1) is 9.27. The van der Waals surface area contributed by atoms with Crippen LogP contribution in [0, 0.1) is 5.41 Å². The Bertz CT molecular complexity index is 311. The van der Waals surface area contributed by atoms with Gasteiger partial charge in [0.1, 0.15) is 0 Å². The zero-order valence-corrected chi connectivity index (χ0v) is 12.1. The third-order valence-electron chi connectivity index (χ3n) is 3.55. The van der Waals surface area contributed by atoms with Crippen LogP contribution in [0.2, 0.25) is 0 Å². The number of halogens is 3. The number of esters is 1. The van der Waals surface area contributed by atoms with Crippen molar-refractivity contribution in [3.05, 3.63) is 0 Å². The topological polar surface area (TPSA) is 35.5 Å². The molecule has 0 spiro atoms. The van der Waals surface area contributed by atoms with Crippen LogP contribution in [-0.4, -0.2) is 31.5 Å². The minimum atomic E-state index is -4.42. The summed E-state index contributed by atoms with van der Waals surface area (Å²) < 4.78 is 48.3. The van der Waals surface area contributed by atoms with Crippen LogP contribution in [0.3, 0.4) is 0 Å². The third kappa shape index (κ3) is 5.69. The van der Waals surface area contributed by atoms with Crippen LogP contribution in [0.5, 0.6) is 0 Å². The van der Waals surface area contributed by atoms with E-state index in [9.17, 15) is 18.0 Å². The highest BCUT2D eigenvalue weighted by molar-refractivity contribution is 5.76.